The molecule has 0 fully saturated rings. The summed E-state index contributed by atoms with van der Waals surface area (Å²) in [5.74, 6) is -1.74. The Kier molecular flexibility index (Phi) is 5.73. The molecule has 0 radical (unpaired) electrons. The van der Waals surface area contributed by atoms with Gasteiger partial charge < -0.3 is 5.32 Å². The summed E-state index contributed by atoms with van der Waals surface area (Å²) in [6.45, 7) is 1.84. The molecule has 0 aliphatic rings. The van der Waals surface area contributed by atoms with Crippen LogP contribution >= 0.6 is 23.2 Å². The standard InChI is InChI=1S/C16H13Cl2N3O2/c1-10-6-7-12(8-14(10)18)20-15(22)16(23)21-19-9-11-4-2-3-5-13(11)17/h2-9H,1H3,(H,20,22)(H,21,23)/b19-9-. The van der Waals surface area contributed by atoms with E-state index in [0.717, 1.165) is 5.56 Å². The van der Waals surface area contributed by atoms with Gasteiger partial charge in [-0.25, -0.2) is 5.43 Å². The van der Waals surface area contributed by atoms with E-state index in [1.807, 2.05) is 6.92 Å². The average molecular weight is 350 g/mol. The van der Waals surface area contributed by atoms with Gasteiger partial charge in [0, 0.05) is 21.3 Å². The third-order valence-corrected chi connectivity index (χ3v) is 3.66. The van der Waals surface area contributed by atoms with Gasteiger partial charge in [0.25, 0.3) is 0 Å². The number of amides is 2. The molecule has 0 saturated carbocycles. The van der Waals surface area contributed by atoms with Gasteiger partial charge in [-0.15, -0.1) is 0 Å². The van der Waals surface area contributed by atoms with Gasteiger partial charge in [-0.3, -0.25) is 9.59 Å². The molecular formula is C16H13Cl2N3O2. The second kappa shape index (κ2) is 7.76. The summed E-state index contributed by atoms with van der Waals surface area (Å²) in [6, 6.07) is 11.9. The largest absolute Gasteiger partial charge is 0.329 e. The summed E-state index contributed by atoms with van der Waals surface area (Å²) in [6.07, 6.45) is 1.36. The molecule has 0 heterocycles. The third-order valence-electron chi connectivity index (χ3n) is 2.91. The van der Waals surface area contributed by atoms with Gasteiger partial charge in [0.1, 0.15) is 0 Å². The maximum Gasteiger partial charge on any atom is 0.329 e. The van der Waals surface area contributed by atoms with E-state index in [1.54, 1.807) is 42.5 Å². The fourth-order valence-electron chi connectivity index (χ4n) is 1.65. The highest BCUT2D eigenvalue weighted by molar-refractivity contribution is 6.40. The van der Waals surface area contributed by atoms with Crippen molar-refractivity contribution in [3.8, 4) is 0 Å². The molecule has 0 bridgehead atoms. The summed E-state index contributed by atoms with van der Waals surface area (Å²) in [7, 11) is 0. The van der Waals surface area contributed by atoms with E-state index < -0.39 is 11.8 Å². The summed E-state index contributed by atoms with van der Waals surface area (Å²) in [5.41, 5.74) is 4.06. The van der Waals surface area contributed by atoms with Crippen molar-refractivity contribution >= 4 is 46.9 Å². The molecule has 0 unspecified atom stereocenters. The number of nitrogens with zero attached hydrogens (tertiary/aromatic N) is 1. The molecule has 2 aromatic carbocycles. The highest BCUT2D eigenvalue weighted by Gasteiger charge is 2.13. The number of anilines is 1. The average Bonchev–Trinajstić information content (AvgIpc) is 2.52. The number of aryl methyl sites for hydroxylation is 1. The number of nitrogens with one attached hydrogen (secondary N) is 2. The third kappa shape index (κ3) is 4.81. The number of hydrogen-bond acceptors (Lipinski definition) is 3. The van der Waals surface area contributed by atoms with Crippen molar-refractivity contribution in [1.29, 1.82) is 0 Å². The van der Waals surface area contributed by atoms with Crippen LogP contribution in [0.2, 0.25) is 10.0 Å². The first-order valence-corrected chi connectivity index (χ1v) is 7.38. The van der Waals surface area contributed by atoms with E-state index in [0.29, 0.717) is 21.3 Å². The number of hydrogen-bond donors (Lipinski definition) is 2. The molecule has 0 saturated heterocycles. The van der Waals surface area contributed by atoms with Crippen LogP contribution in [-0.2, 0) is 9.59 Å². The predicted octanol–water partition coefficient (Wildman–Crippen LogP) is 3.39. The zero-order chi connectivity index (χ0) is 16.8. The van der Waals surface area contributed by atoms with E-state index in [9.17, 15) is 9.59 Å². The Morgan fingerprint density at radius 3 is 2.48 bits per heavy atom. The molecule has 5 nitrogen and oxygen atoms in total. The SMILES string of the molecule is Cc1ccc(NC(=O)C(=O)N/N=C\c2ccccc2Cl)cc1Cl. The van der Waals surface area contributed by atoms with Crippen molar-refractivity contribution in [2.75, 3.05) is 5.32 Å². The normalized spacial score (nSPS) is 10.6. The first-order valence-electron chi connectivity index (χ1n) is 6.62. The zero-order valence-electron chi connectivity index (χ0n) is 12.1. The molecule has 7 heteroatoms. The van der Waals surface area contributed by atoms with Crippen molar-refractivity contribution in [2.24, 2.45) is 5.10 Å². The van der Waals surface area contributed by atoms with Crippen molar-refractivity contribution in [1.82, 2.24) is 5.43 Å². The Morgan fingerprint density at radius 1 is 1.04 bits per heavy atom. The fraction of sp³-hybridized carbons (Fsp3) is 0.0625. The molecule has 2 aromatic rings. The van der Waals surface area contributed by atoms with E-state index in [4.69, 9.17) is 23.2 Å². The minimum atomic E-state index is -0.898. The minimum absolute atomic E-state index is 0.427. The topological polar surface area (TPSA) is 70.6 Å². The predicted molar refractivity (Wildman–Crippen MR) is 92.0 cm³/mol. The summed E-state index contributed by atoms with van der Waals surface area (Å²) < 4.78 is 0. The van der Waals surface area contributed by atoms with Crippen LogP contribution in [0.15, 0.2) is 47.6 Å². The van der Waals surface area contributed by atoms with Gasteiger partial charge in [-0.05, 0) is 30.7 Å². The summed E-state index contributed by atoms with van der Waals surface area (Å²) in [4.78, 5) is 23.4. The Morgan fingerprint density at radius 2 is 1.78 bits per heavy atom. The fourth-order valence-corrected chi connectivity index (χ4v) is 2.01. The van der Waals surface area contributed by atoms with Crippen molar-refractivity contribution < 1.29 is 9.59 Å². The Labute approximate surface area is 143 Å². The molecule has 0 aliphatic heterocycles. The van der Waals surface area contributed by atoms with Crippen LogP contribution in [0.3, 0.4) is 0 Å². The summed E-state index contributed by atoms with van der Waals surface area (Å²) >= 11 is 11.9. The van der Waals surface area contributed by atoms with E-state index in [-0.39, 0.29) is 0 Å². The van der Waals surface area contributed by atoms with Crippen molar-refractivity contribution in [2.45, 2.75) is 6.92 Å². The van der Waals surface area contributed by atoms with Gasteiger partial charge >= 0.3 is 11.8 Å². The van der Waals surface area contributed by atoms with E-state index in [2.05, 4.69) is 15.8 Å². The number of halogens is 2. The van der Waals surface area contributed by atoms with Crippen LogP contribution in [0, 0.1) is 6.92 Å². The number of rotatable bonds is 3. The molecule has 23 heavy (non-hydrogen) atoms. The van der Waals surface area contributed by atoms with Crippen LogP contribution in [-0.4, -0.2) is 18.0 Å². The van der Waals surface area contributed by atoms with Gasteiger partial charge in [0.15, 0.2) is 0 Å². The van der Waals surface area contributed by atoms with E-state index in [1.165, 1.54) is 6.21 Å². The van der Waals surface area contributed by atoms with Crippen molar-refractivity contribution in [3.05, 3.63) is 63.6 Å². The molecule has 2 N–H and O–H groups in total. The number of carbonyl (C=O) groups is 2. The molecule has 2 rings (SSSR count). The molecule has 118 valence electrons. The minimum Gasteiger partial charge on any atom is -0.318 e. The van der Waals surface area contributed by atoms with Gasteiger partial charge in [0.05, 0.1) is 6.21 Å². The zero-order valence-corrected chi connectivity index (χ0v) is 13.7. The van der Waals surface area contributed by atoms with Crippen molar-refractivity contribution in [3.63, 3.8) is 0 Å². The Bertz CT molecular complexity index is 776. The second-order valence-corrected chi connectivity index (χ2v) is 5.45. The number of carbonyl (C=O) groups excluding carboxylic acids is 2. The lowest BCUT2D eigenvalue weighted by atomic mass is 10.2. The van der Waals surface area contributed by atoms with Gasteiger partial charge in [-0.1, -0.05) is 47.5 Å². The lowest BCUT2D eigenvalue weighted by Gasteiger charge is -2.05. The maximum absolute atomic E-state index is 11.8. The smallest absolute Gasteiger partial charge is 0.318 e. The van der Waals surface area contributed by atoms with Gasteiger partial charge in [-0.2, -0.15) is 5.10 Å². The number of benzene rings is 2. The van der Waals surface area contributed by atoms with Crippen LogP contribution in [0.25, 0.3) is 0 Å². The first kappa shape index (κ1) is 17.0. The lowest BCUT2D eigenvalue weighted by Crippen LogP contribution is -2.32. The first-order chi connectivity index (χ1) is 11.0. The molecule has 0 spiro atoms. The molecule has 0 aromatic heterocycles. The van der Waals surface area contributed by atoms with Crippen LogP contribution < -0.4 is 10.7 Å². The van der Waals surface area contributed by atoms with Crippen LogP contribution in [0.5, 0.6) is 0 Å². The Balaban J connectivity index is 1.94. The van der Waals surface area contributed by atoms with E-state index >= 15 is 0 Å². The van der Waals surface area contributed by atoms with Gasteiger partial charge in [0.2, 0.25) is 0 Å². The molecule has 2 amide bonds. The molecular weight excluding hydrogens is 337 g/mol. The quantitative estimate of drug-likeness (QED) is 0.506. The summed E-state index contributed by atoms with van der Waals surface area (Å²) in [5, 5.41) is 7.13. The van der Waals surface area contributed by atoms with Crippen LogP contribution in [0.4, 0.5) is 5.69 Å². The van der Waals surface area contributed by atoms with Crippen LogP contribution in [0.1, 0.15) is 11.1 Å². The molecule has 0 aliphatic carbocycles. The second-order valence-electron chi connectivity index (χ2n) is 4.64. The monoisotopic (exact) mass is 349 g/mol. The maximum atomic E-state index is 11.8. The number of hydrazone groups is 1. The highest BCUT2D eigenvalue weighted by Crippen LogP contribution is 2.19. The lowest BCUT2D eigenvalue weighted by molar-refractivity contribution is -0.136. The molecule has 0 atom stereocenters. The Hall–Kier alpha value is -2.37. The highest BCUT2D eigenvalue weighted by atomic mass is 35.5.